The number of piperidine rings is 1. The summed E-state index contributed by atoms with van der Waals surface area (Å²) in [6.07, 6.45) is 6.27. The van der Waals surface area contributed by atoms with Crippen LogP contribution < -0.4 is 5.73 Å². The summed E-state index contributed by atoms with van der Waals surface area (Å²) >= 11 is 0. The molecule has 0 bridgehead atoms. The third-order valence-electron chi connectivity index (χ3n) is 3.01. The first-order chi connectivity index (χ1) is 7.20. The molecule has 0 aromatic heterocycles. The van der Waals surface area contributed by atoms with Gasteiger partial charge in [0.05, 0.1) is 0 Å². The van der Waals surface area contributed by atoms with Crippen LogP contribution in [0.3, 0.4) is 0 Å². The second-order valence-electron chi connectivity index (χ2n) is 4.18. The summed E-state index contributed by atoms with van der Waals surface area (Å²) in [6.45, 7) is 5.40. The van der Waals surface area contributed by atoms with Gasteiger partial charge in [-0.3, -0.25) is 4.79 Å². The van der Waals surface area contributed by atoms with Gasteiger partial charge in [0.15, 0.2) is 0 Å². The summed E-state index contributed by atoms with van der Waals surface area (Å²) < 4.78 is 0. The molecule has 1 aliphatic rings. The molecule has 1 saturated heterocycles. The third kappa shape index (κ3) is 3.06. The fourth-order valence-corrected chi connectivity index (χ4v) is 2.13. The number of carbonyl (C=O) groups excluding carboxylic acids is 1. The van der Waals surface area contributed by atoms with E-state index < -0.39 is 0 Å². The van der Waals surface area contributed by atoms with Gasteiger partial charge in [-0.05, 0) is 32.6 Å². The van der Waals surface area contributed by atoms with E-state index in [1.165, 1.54) is 6.42 Å². The van der Waals surface area contributed by atoms with E-state index in [1.54, 1.807) is 0 Å². The summed E-state index contributed by atoms with van der Waals surface area (Å²) in [5.41, 5.74) is 6.55. The number of nitrogens with zero attached hydrogens (tertiary/aromatic N) is 1. The van der Waals surface area contributed by atoms with Crippen molar-refractivity contribution in [2.24, 2.45) is 5.73 Å². The number of carbonyl (C=O) groups is 1. The highest BCUT2D eigenvalue weighted by Gasteiger charge is 2.25. The van der Waals surface area contributed by atoms with Gasteiger partial charge in [-0.15, -0.1) is 0 Å². The van der Waals surface area contributed by atoms with Gasteiger partial charge in [0, 0.05) is 24.7 Å². The Bertz CT molecular complexity index is 248. The first kappa shape index (κ1) is 12.2. The predicted octanol–water partition coefficient (Wildman–Crippen LogP) is 1.68. The van der Waals surface area contributed by atoms with Gasteiger partial charge < -0.3 is 10.6 Å². The molecule has 15 heavy (non-hydrogen) atoms. The summed E-state index contributed by atoms with van der Waals surface area (Å²) in [5, 5.41) is 0. The maximum absolute atomic E-state index is 12.1. The molecule has 1 rings (SSSR count). The van der Waals surface area contributed by atoms with Crippen molar-refractivity contribution in [2.75, 3.05) is 13.1 Å². The highest BCUT2D eigenvalue weighted by atomic mass is 16.2. The third-order valence-corrected chi connectivity index (χ3v) is 3.01. The van der Waals surface area contributed by atoms with Crippen LogP contribution >= 0.6 is 0 Å². The Morgan fingerprint density at radius 2 is 2.27 bits per heavy atom. The smallest absolute Gasteiger partial charge is 0.249 e. The zero-order valence-corrected chi connectivity index (χ0v) is 9.83. The molecule has 0 saturated carbocycles. The van der Waals surface area contributed by atoms with E-state index in [0.717, 1.165) is 31.4 Å². The standard InChI is InChI=1S/C12H22N2O/c1-3-6-10(2)12(15)14-8-5-4-7-11(14)9-13/h6,11H,3-5,7-9,13H2,1-2H3/b10-6-/t11-/m1/s1. The molecule has 3 nitrogen and oxygen atoms in total. The Morgan fingerprint density at radius 3 is 2.87 bits per heavy atom. The Kier molecular flexibility index (Phi) is 4.82. The quantitative estimate of drug-likeness (QED) is 0.720. The lowest BCUT2D eigenvalue weighted by molar-refractivity contribution is -0.130. The number of amides is 1. The minimum Gasteiger partial charge on any atom is -0.335 e. The molecule has 0 aromatic carbocycles. The average molecular weight is 210 g/mol. The fourth-order valence-electron chi connectivity index (χ4n) is 2.13. The van der Waals surface area contributed by atoms with Crippen molar-refractivity contribution in [3.05, 3.63) is 11.6 Å². The zero-order chi connectivity index (χ0) is 11.3. The highest BCUT2D eigenvalue weighted by Crippen LogP contribution is 2.18. The lowest BCUT2D eigenvalue weighted by atomic mass is 10.0. The van der Waals surface area contributed by atoms with Crippen LogP contribution in [-0.2, 0) is 4.79 Å². The van der Waals surface area contributed by atoms with Crippen molar-refractivity contribution < 1.29 is 4.79 Å². The van der Waals surface area contributed by atoms with Crippen molar-refractivity contribution in [1.82, 2.24) is 4.90 Å². The Balaban J connectivity index is 2.67. The van der Waals surface area contributed by atoms with Crippen LogP contribution in [0.5, 0.6) is 0 Å². The van der Waals surface area contributed by atoms with Crippen molar-refractivity contribution in [2.45, 2.75) is 45.6 Å². The molecular weight excluding hydrogens is 188 g/mol. The van der Waals surface area contributed by atoms with E-state index in [9.17, 15) is 4.79 Å². The van der Waals surface area contributed by atoms with E-state index in [-0.39, 0.29) is 11.9 Å². The molecule has 0 aliphatic carbocycles. The largest absolute Gasteiger partial charge is 0.335 e. The molecule has 2 N–H and O–H groups in total. The number of rotatable bonds is 3. The summed E-state index contributed by atoms with van der Waals surface area (Å²) in [5.74, 6) is 0.173. The first-order valence-corrected chi connectivity index (χ1v) is 5.88. The van der Waals surface area contributed by atoms with Gasteiger partial charge in [-0.1, -0.05) is 13.0 Å². The van der Waals surface area contributed by atoms with E-state index in [2.05, 4.69) is 0 Å². The molecule has 1 heterocycles. The molecule has 0 aromatic rings. The molecule has 86 valence electrons. The molecule has 0 radical (unpaired) electrons. The summed E-state index contributed by atoms with van der Waals surface area (Å²) in [4.78, 5) is 14.0. The second-order valence-corrected chi connectivity index (χ2v) is 4.18. The van der Waals surface area contributed by atoms with Crippen LogP contribution in [0.4, 0.5) is 0 Å². The Morgan fingerprint density at radius 1 is 1.53 bits per heavy atom. The topological polar surface area (TPSA) is 46.3 Å². The lowest BCUT2D eigenvalue weighted by Gasteiger charge is -2.35. The van der Waals surface area contributed by atoms with Gasteiger partial charge in [0.1, 0.15) is 0 Å². The van der Waals surface area contributed by atoms with Crippen LogP contribution in [-0.4, -0.2) is 29.9 Å². The molecule has 3 heteroatoms. The van der Waals surface area contributed by atoms with Gasteiger partial charge in [0.2, 0.25) is 5.91 Å². The summed E-state index contributed by atoms with van der Waals surface area (Å²) in [7, 11) is 0. The fraction of sp³-hybridized carbons (Fsp3) is 0.750. The molecule has 1 aliphatic heterocycles. The first-order valence-electron chi connectivity index (χ1n) is 5.88. The molecule has 1 amide bonds. The van der Waals surface area contributed by atoms with E-state index in [0.29, 0.717) is 6.54 Å². The van der Waals surface area contributed by atoms with Crippen molar-refractivity contribution >= 4 is 5.91 Å². The summed E-state index contributed by atoms with van der Waals surface area (Å²) in [6, 6.07) is 0.256. The number of hydrogen-bond acceptors (Lipinski definition) is 2. The van der Waals surface area contributed by atoms with E-state index >= 15 is 0 Å². The van der Waals surface area contributed by atoms with Crippen LogP contribution in [0.2, 0.25) is 0 Å². The van der Waals surface area contributed by atoms with E-state index in [1.807, 2.05) is 24.8 Å². The monoisotopic (exact) mass is 210 g/mol. The molecular formula is C12H22N2O. The molecule has 1 atom stereocenters. The second kappa shape index (κ2) is 5.91. The average Bonchev–Trinajstić information content (AvgIpc) is 2.28. The van der Waals surface area contributed by atoms with Gasteiger partial charge >= 0.3 is 0 Å². The zero-order valence-electron chi connectivity index (χ0n) is 9.83. The van der Waals surface area contributed by atoms with Crippen LogP contribution in [0.15, 0.2) is 11.6 Å². The normalized spacial score (nSPS) is 23.0. The molecule has 0 unspecified atom stereocenters. The molecule has 0 spiro atoms. The van der Waals surface area contributed by atoms with Gasteiger partial charge in [0.25, 0.3) is 0 Å². The number of hydrogen-bond donors (Lipinski definition) is 1. The number of nitrogens with two attached hydrogens (primary N) is 1. The van der Waals surface area contributed by atoms with E-state index in [4.69, 9.17) is 5.73 Å². The van der Waals surface area contributed by atoms with Crippen LogP contribution in [0, 0.1) is 0 Å². The van der Waals surface area contributed by atoms with Gasteiger partial charge in [-0.2, -0.15) is 0 Å². The highest BCUT2D eigenvalue weighted by molar-refractivity contribution is 5.93. The molecule has 1 fully saturated rings. The number of allylic oxidation sites excluding steroid dienone is 1. The lowest BCUT2D eigenvalue weighted by Crippen LogP contribution is -2.47. The van der Waals surface area contributed by atoms with Crippen molar-refractivity contribution in [3.63, 3.8) is 0 Å². The SMILES string of the molecule is CC/C=C(/C)C(=O)N1CCCC[C@@H]1CN. The van der Waals surface area contributed by atoms with Crippen molar-refractivity contribution in [3.8, 4) is 0 Å². The maximum Gasteiger partial charge on any atom is 0.249 e. The maximum atomic E-state index is 12.1. The van der Waals surface area contributed by atoms with Crippen LogP contribution in [0.1, 0.15) is 39.5 Å². The van der Waals surface area contributed by atoms with Crippen LogP contribution in [0.25, 0.3) is 0 Å². The Labute approximate surface area is 92.3 Å². The van der Waals surface area contributed by atoms with Gasteiger partial charge in [-0.25, -0.2) is 0 Å². The minimum absolute atomic E-state index is 0.173. The Hall–Kier alpha value is -0.830. The number of likely N-dealkylation sites (tertiary alicyclic amines) is 1. The predicted molar refractivity (Wildman–Crippen MR) is 62.5 cm³/mol. The minimum atomic E-state index is 0.173. The van der Waals surface area contributed by atoms with Crippen molar-refractivity contribution in [1.29, 1.82) is 0 Å².